The monoisotopic (exact) mass is 217 g/mol. The molecule has 7 nitrogen and oxygen atoms in total. The molecule has 0 amide bonds. The summed E-state index contributed by atoms with van der Waals surface area (Å²) >= 11 is 0. The molecule has 0 atom stereocenters. The van der Waals surface area contributed by atoms with Crippen molar-refractivity contribution in [1.82, 2.24) is 0 Å². The SMILES string of the molecule is [N-]=[N+]=NCC#Cc1ccc(N)cc1[N+](=O)[O-]. The predicted octanol–water partition coefficient (Wildman–Crippen LogP) is 1.84. The van der Waals surface area contributed by atoms with Gasteiger partial charge >= 0.3 is 0 Å². The summed E-state index contributed by atoms with van der Waals surface area (Å²) in [4.78, 5) is 12.6. The van der Waals surface area contributed by atoms with Gasteiger partial charge in [0.25, 0.3) is 5.69 Å². The Morgan fingerprint density at radius 1 is 1.62 bits per heavy atom. The van der Waals surface area contributed by atoms with Crippen LogP contribution in [-0.2, 0) is 0 Å². The lowest BCUT2D eigenvalue weighted by Crippen LogP contribution is -1.94. The van der Waals surface area contributed by atoms with Crippen LogP contribution in [-0.4, -0.2) is 11.5 Å². The van der Waals surface area contributed by atoms with Crippen molar-refractivity contribution >= 4 is 11.4 Å². The maximum Gasteiger partial charge on any atom is 0.286 e. The molecule has 0 unspecified atom stereocenters. The van der Waals surface area contributed by atoms with Crippen LogP contribution in [0.25, 0.3) is 10.4 Å². The van der Waals surface area contributed by atoms with Crippen LogP contribution in [0.1, 0.15) is 5.56 Å². The Kier molecular flexibility index (Phi) is 3.72. The Morgan fingerprint density at radius 3 is 3.00 bits per heavy atom. The Balaban J connectivity index is 3.06. The highest BCUT2D eigenvalue weighted by atomic mass is 16.6. The van der Waals surface area contributed by atoms with Crippen LogP contribution >= 0.6 is 0 Å². The van der Waals surface area contributed by atoms with Gasteiger partial charge in [-0.3, -0.25) is 10.1 Å². The van der Waals surface area contributed by atoms with Crippen LogP contribution in [0.4, 0.5) is 11.4 Å². The first-order valence-corrected chi connectivity index (χ1v) is 4.19. The number of nitro benzene ring substituents is 1. The van der Waals surface area contributed by atoms with E-state index in [4.69, 9.17) is 11.3 Å². The molecule has 0 radical (unpaired) electrons. The van der Waals surface area contributed by atoms with Gasteiger partial charge < -0.3 is 5.73 Å². The lowest BCUT2D eigenvalue weighted by atomic mass is 10.1. The third kappa shape index (κ3) is 2.90. The van der Waals surface area contributed by atoms with Crippen LogP contribution in [0.3, 0.4) is 0 Å². The number of anilines is 1. The second kappa shape index (κ2) is 5.24. The molecular formula is C9H7N5O2. The van der Waals surface area contributed by atoms with Crippen LogP contribution in [0.15, 0.2) is 23.3 Å². The molecule has 1 aromatic rings. The average molecular weight is 217 g/mol. The molecule has 0 aliphatic rings. The summed E-state index contributed by atoms with van der Waals surface area (Å²) in [6.07, 6.45) is 0. The molecule has 0 bridgehead atoms. The molecule has 0 aliphatic carbocycles. The molecule has 7 heteroatoms. The fraction of sp³-hybridized carbons (Fsp3) is 0.111. The molecular weight excluding hydrogens is 210 g/mol. The number of hydrogen-bond donors (Lipinski definition) is 1. The maximum atomic E-state index is 10.7. The Morgan fingerprint density at radius 2 is 2.38 bits per heavy atom. The maximum absolute atomic E-state index is 10.7. The molecule has 0 saturated carbocycles. The standard InChI is InChI=1S/C9H7N5O2/c10-8-4-3-7(2-1-5-12-13-11)9(6-8)14(15)16/h3-4,6H,5,10H2. The van der Waals surface area contributed by atoms with Crippen molar-refractivity contribution < 1.29 is 4.92 Å². The number of azide groups is 1. The van der Waals surface area contributed by atoms with Crippen molar-refractivity contribution in [3.63, 3.8) is 0 Å². The van der Waals surface area contributed by atoms with Gasteiger partial charge in [-0.1, -0.05) is 17.0 Å². The van der Waals surface area contributed by atoms with E-state index in [0.717, 1.165) is 0 Å². The summed E-state index contributed by atoms with van der Waals surface area (Å²) in [6.45, 7) is -0.0297. The van der Waals surface area contributed by atoms with Gasteiger partial charge in [-0.15, -0.1) is 0 Å². The molecule has 0 saturated heterocycles. The molecule has 0 spiro atoms. The summed E-state index contributed by atoms with van der Waals surface area (Å²) in [7, 11) is 0. The summed E-state index contributed by atoms with van der Waals surface area (Å²) < 4.78 is 0. The van der Waals surface area contributed by atoms with E-state index in [1.54, 1.807) is 0 Å². The minimum absolute atomic E-state index is 0.0297. The topological polar surface area (TPSA) is 118 Å². The van der Waals surface area contributed by atoms with E-state index in [9.17, 15) is 10.1 Å². The minimum Gasteiger partial charge on any atom is -0.399 e. The van der Waals surface area contributed by atoms with E-state index in [2.05, 4.69) is 21.9 Å². The fourth-order valence-electron chi connectivity index (χ4n) is 1.01. The number of nitro groups is 1. The first-order valence-electron chi connectivity index (χ1n) is 4.19. The van der Waals surface area contributed by atoms with E-state index in [1.165, 1.54) is 18.2 Å². The minimum atomic E-state index is -0.562. The van der Waals surface area contributed by atoms with E-state index < -0.39 is 4.92 Å². The summed E-state index contributed by atoms with van der Waals surface area (Å²) in [5, 5.41) is 13.9. The molecule has 0 aromatic heterocycles. The third-order valence-electron chi connectivity index (χ3n) is 1.65. The van der Waals surface area contributed by atoms with Gasteiger partial charge in [0, 0.05) is 16.7 Å². The number of nitrogens with zero attached hydrogens (tertiary/aromatic N) is 4. The molecule has 0 fully saturated rings. The van der Waals surface area contributed by atoms with Crippen molar-refractivity contribution in [2.24, 2.45) is 5.11 Å². The zero-order chi connectivity index (χ0) is 12.0. The van der Waals surface area contributed by atoms with Crippen LogP contribution in [0, 0.1) is 22.0 Å². The van der Waals surface area contributed by atoms with E-state index in [0.29, 0.717) is 5.69 Å². The average Bonchev–Trinajstić information content (AvgIpc) is 2.26. The van der Waals surface area contributed by atoms with Crippen LogP contribution in [0.5, 0.6) is 0 Å². The number of hydrogen-bond acceptors (Lipinski definition) is 4. The molecule has 16 heavy (non-hydrogen) atoms. The highest BCUT2D eigenvalue weighted by Gasteiger charge is 2.11. The van der Waals surface area contributed by atoms with Crippen molar-refractivity contribution in [3.05, 3.63) is 44.3 Å². The van der Waals surface area contributed by atoms with E-state index in [1.807, 2.05) is 0 Å². The van der Waals surface area contributed by atoms with E-state index in [-0.39, 0.29) is 17.8 Å². The number of nitrogen functional groups attached to an aromatic ring is 1. The van der Waals surface area contributed by atoms with Gasteiger partial charge in [0.2, 0.25) is 0 Å². The van der Waals surface area contributed by atoms with Gasteiger partial charge in [-0.05, 0) is 17.7 Å². The Labute approximate surface area is 90.7 Å². The quantitative estimate of drug-likeness (QED) is 0.155. The van der Waals surface area contributed by atoms with Crippen molar-refractivity contribution in [2.45, 2.75) is 0 Å². The van der Waals surface area contributed by atoms with Crippen molar-refractivity contribution in [1.29, 1.82) is 0 Å². The second-order valence-electron chi connectivity index (χ2n) is 2.72. The van der Waals surface area contributed by atoms with Gasteiger partial charge in [-0.25, -0.2) is 0 Å². The second-order valence-corrected chi connectivity index (χ2v) is 2.72. The molecule has 1 aromatic carbocycles. The normalized spacial score (nSPS) is 8.50. The van der Waals surface area contributed by atoms with Crippen molar-refractivity contribution in [3.8, 4) is 11.8 Å². The zero-order valence-electron chi connectivity index (χ0n) is 8.12. The number of rotatable bonds is 2. The fourth-order valence-corrected chi connectivity index (χ4v) is 1.01. The first-order chi connectivity index (χ1) is 7.65. The largest absolute Gasteiger partial charge is 0.399 e. The van der Waals surface area contributed by atoms with Crippen molar-refractivity contribution in [2.75, 3.05) is 12.3 Å². The number of nitrogens with two attached hydrogens (primary N) is 1. The molecule has 0 heterocycles. The lowest BCUT2D eigenvalue weighted by molar-refractivity contribution is -0.385. The first kappa shape index (κ1) is 11.4. The predicted molar refractivity (Wildman–Crippen MR) is 58.4 cm³/mol. The third-order valence-corrected chi connectivity index (χ3v) is 1.65. The van der Waals surface area contributed by atoms with Gasteiger partial charge in [0.1, 0.15) is 5.56 Å². The Bertz CT molecular complexity index is 522. The molecule has 2 N–H and O–H groups in total. The molecule has 1 rings (SSSR count). The highest BCUT2D eigenvalue weighted by Crippen LogP contribution is 2.20. The summed E-state index contributed by atoms with van der Waals surface area (Å²) in [5.41, 5.74) is 13.8. The van der Waals surface area contributed by atoms with Gasteiger partial charge in [-0.2, -0.15) is 0 Å². The molecule has 0 aliphatic heterocycles. The smallest absolute Gasteiger partial charge is 0.286 e. The summed E-state index contributed by atoms with van der Waals surface area (Å²) in [6, 6.07) is 4.21. The highest BCUT2D eigenvalue weighted by molar-refractivity contribution is 5.58. The zero-order valence-corrected chi connectivity index (χ0v) is 8.12. The Hall–Kier alpha value is -2.71. The van der Waals surface area contributed by atoms with Gasteiger partial charge in [0.05, 0.1) is 11.5 Å². The molecule has 80 valence electrons. The number of benzene rings is 1. The van der Waals surface area contributed by atoms with E-state index >= 15 is 0 Å². The summed E-state index contributed by atoms with van der Waals surface area (Å²) in [5.74, 6) is 5.05. The van der Waals surface area contributed by atoms with Crippen LogP contribution in [0.2, 0.25) is 0 Å². The lowest BCUT2D eigenvalue weighted by Gasteiger charge is -1.96. The van der Waals surface area contributed by atoms with Crippen LogP contribution < -0.4 is 5.73 Å². The van der Waals surface area contributed by atoms with Gasteiger partial charge in [0.15, 0.2) is 0 Å².